The van der Waals surface area contributed by atoms with E-state index in [9.17, 15) is 9.59 Å². The number of carbonyl (C=O) groups excluding carboxylic acids is 2. The van der Waals surface area contributed by atoms with Crippen molar-refractivity contribution in [3.8, 4) is 5.75 Å². The molecule has 0 bridgehead atoms. The molecule has 2 amide bonds. The van der Waals surface area contributed by atoms with Crippen molar-refractivity contribution in [3.05, 3.63) is 29.3 Å². The fourth-order valence-electron chi connectivity index (χ4n) is 1.61. The Morgan fingerprint density at radius 1 is 1.17 bits per heavy atom. The summed E-state index contributed by atoms with van der Waals surface area (Å²) in [5.41, 5.74) is 0.590. The third-order valence-corrected chi connectivity index (χ3v) is 2.45. The highest BCUT2D eigenvalue weighted by atomic mass is 16.7. The number of benzene rings is 1. The van der Waals surface area contributed by atoms with Gasteiger partial charge in [-0.15, -0.1) is 0 Å². The largest absolute Gasteiger partial charge is 0.467 e. The molecule has 0 aliphatic carbocycles. The third-order valence-electron chi connectivity index (χ3n) is 2.45. The molecule has 6 nitrogen and oxygen atoms in total. The summed E-state index contributed by atoms with van der Waals surface area (Å²) in [4.78, 5) is 23.0. The monoisotopic (exact) mass is 251 g/mol. The molecule has 0 unspecified atom stereocenters. The first-order valence-electron chi connectivity index (χ1n) is 5.42. The Balaban J connectivity index is 2.02. The molecule has 18 heavy (non-hydrogen) atoms. The molecule has 6 heteroatoms. The predicted molar refractivity (Wildman–Crippen MR) is 61.6 cm³/mol. The number of nitrogens with one attached hydrogen (secondary N) is 1. The van der Waals surface area contributed by atoms with Gasteiger partial charge in [-0.2, -0.15) is 0 Å². The molecule has 0 atom stereocenters. The second-order valence-corrected chi connectivity index (χ2v) is 3.63. The van der Waals surface area contributed by atoms with Gasteiger partial charge in [0.05, 0.1) is 24.3 Å². The number of carbonyl (C=O) groups is 2. The summed E-state index contributed by atoms with van der Waals surface area (Å²) >= 11 is 0. The Bertz CT molecular complexity index is 472. The van der Waals surface area contributed by atoms with Crippen LogP contribution in [-0.2, 0) is 9.47 Å². The van der Waals surface area contributed by atoms with E-state index in [2.05, 4.69) is 5.32 Å². The van der Waals surface area contributed by atoms with Gasteiger partial charge in [-0.25, -0.2) is 0 Å². The van der Waals surface area contributed by atoms with Gasteiger partial charge in [-0.05, 0) is 12.1 Å². The molecule has 1 N–H and O–H groups in total. The van der Waals surface area contributed by atoms with Crippen LogP contribution in [0.4, 0.5) is 0 Å². The molecule has 1 aliphatic heterocycles. The van der Waals surface area contributed by atoms with E-state index in [1.54, 1.807) is 25.3 Å². The highest BCUT2D eigenvalue weighted by molar-refractivity contribution is 6.22. The number of imide groups is 1. The van der Waals surface area contributed by atoms with E-state index in [0.717, 1.165) is 0 Å². The van der Waals surface area contributed by atoms with E-state index in [1.165, 1.54) is 0 Å². The van der Waals surface area contributed by atoms with Gasteiger partial charge in [0.2, 0.25) is 0 Å². The summed E-state index contributed by atoms with van der Waals surface area (Å²) in [7, 11) is 1.57. The second kappa shape index (κ2) is 5.61. The summed E-state index contributed by atoms with van der Waals surface area (Å²) in [6.07, 6.45) is 0. The summed E-state index contributed by atoms with van der Waals surface area (Å²) < 4.78 is 15.3. The minimum Gasteiger partial charge on any atom is -0.467 e. The quantitative estimate of drug-likeness (QED) is 0.454. The normalized spacial score (nSPS) is 13.4. The van der Waals surface area contributed by atoms with Crippen molar-refractivity contribution >= 4 is 11.8 Å². The van der Waals surface area contributed by atoms with Crippen molar-refractivity contribution in [1.82, 2.24) is 5.32 Å². The maximum absolute atomic E-state index is 11.6. The standard InChI is InChI=1S/C12H13NO5/c1-16-5-6-17-7-18-9-4-2-3-8-10(9)12(15)13-11(8)14/h2-4H,5-7H2,1H3,(H,13,14,15). The van der Waals surface area contributed by atoms with Crippen molar-refractivity contribution in [2.45, 2.75) is 0 Å². The average molecular weight is 251 g/mol. The van der Waals surface area contributed by atoms with Crippen LogP contribution in [0.15, 0.2) is 18.2 Å². The van der Waals surface area contributed by atoms with Gasteiger partial charge in [0.15, 0.2) is 6.79 Å². The highest BCUT2D eigenvalue weighted by Crippen LogP contribution is 2.26. The minimum absolute atomic E-state index is 0.00127. The zero-order valence-electron chi connectivity index (χ0n) is 9.89. The smallest absolute Gasteiger partial charge is 0.262 e. The Kier molecular flexibility index (Phi) is 3.91. The van der Waals surface area contributed by atoms with Crippen molar-refractivity contribution in [2.75, 3.05) is 27.1 Å². The third kappa shape index (κ3) is 2.49. The number of fused-ring (bicyclic) bond motifs is 1. The van der Waals surface area contributed by atoms with Gasteiger partial charge in [0, 0.05) is 7.11 Å². The summed E-state index contributed by atoms with van der Waals surface area (Å²) in [5, 5.41) is 2.21. The average Bonchev–Trinajstić information content (AvgIpc) is 2.66. The van der Waals surface area contributed by atoms with Gasteiger partial charge in [0.1, 0.15) is 5.75 Å². The molecular formula is C12H13NO5. The van der Waals surface area contributed by atoms with Crippen LogP contribution in [0.1, 0.15) is 20.7 Å². The van der Waals surface area contributed by atoms with Crippen LogP contribution in [0.2, 0.25) is 0 Å². The molecule has 96 valence electrons. The van der Waals surface area contributed by atoms with Gasteiger partial charge in [-0.1, -0.05) is 6.07 Å². The minimum atomic E-state index is -0.442. The molecule has 2 rings (SSSR count). The molecule has 1 aromatic carbocycles. The lowest BCUT2D eigenvalue weighted by Gasteiger charge is -2.09. The van der Waals surface area contributed by atoms with Crippen LogP contribution >= 0.6 is 0 Å². The van der Waals surface area contributed by atoms with Crippen molar-refractivity contribution in [2.24, 2.45) is 0 Å². The molecule has 0 aromatic heterocycles. The molecule has 0 saturated heterocycles. The van der Waals surface area contributed by atoms with E-state index >= 15 is 0 Å². The molecule has 0 fully saturated rings. The molecule has 1 heterocycles. The maximum Gasteiger partial charge on any atom is 0.262 e. The van der Waals surface area contributed by atoms with E-state index in [0.29, 0.717) is 24.5 Å². The Morgan fingerprint density at radius 3 is 2.78 bits per heavy atom. The zero-order chi connectivity index (χ0) is 13.0. The predicted octanol–water partition coefficient (Wildman–Crippen LogP) is 0.570. The number of hydrogen-bond acceptors (Lipinski definition) is 5. The first-order valence-corrected chi connectivity index (χ1v) is 5.42. The van der Waals surface area contributed by atoms with Gasteiger partial charge >= 0.3 is 0 Å². The molecule has 1 aliphatic rings. The second-order valence-electron chi connectivity index (χ2n) is 3.63. The molecule has 1 aromatic rings. The Labute approximate surface area is 104 Å². The Hall–Kier alpha value is -1.92. The van der Waals surface area contributed by atoms with Crippen LogP contribution < -0.4 is 10.1 Å². The number of hydrogen-bond donors (Lipinski definition) is 1. The van der Waals surface area contributed by atoms with E-state index in [1.807, 2.05) is 0 Å². The molecule has 0 saturated carbocycles. The number of ether oxygens (including phenoxy) is 3. The molecule has 0 spiro atoms. The molecule has 0 radical (unpaired) electrons. The lowest BCUT2D eigenvalue weighted by Crippen LogP contribution is -2.20. The van der Waals surface area contributed by atoms with Crippen LogP contribution in [0.3, 0.4) is 0 Å². The maximum atomic E-state index is 11.6. The van der Waals surface area contributed by atoms with Gasteiger partial charge in [-0.3, -0.25) is 14.9 Å². The number of amides is 2. The fourth-order valence-corrected chi connectivity index (χ4v) is 1.61. The van der Waals surface area contributed by atoms with Gasteiger partial charge < -0.3 is 14.2 Å². The van der Waals surface area contributed by atoms with Crippen LogP contribution in [0.25, 0.3) is 0 Å². The fraction of sp³-hybridized carbons (Fsp3) is 0.333. The summed E-state index contributed by atoms with van der Waals surface area (Å²) in [6, 6.07) is 4.85. The highest BCUT2D eigenvalue weighted by Gasteiger charge is 2.29. The summed E-state index contributed by atoms with van der Waals surface area (Å²) in [6.45, 7) is 0.868. The van der Waals surface area contributed by atoms with Crippen LogP contribution in [0, 0.1) is 0 Å². The van der Waals surface area contributed by atoms with E-state index in [-0.39, 0.29) is 12.4 Å². The SMILES string of the molecule is COCCOCOc1cccc2c1C(=O)NC2=O. The lowest BCUT2D eigenvalue weighted by atomic mass is 10.1. The van der Waals surface area contributed by atoms with Crippen molar-refractivity contribution in [1.29, 1.82) is 0 Å². The zero-order valence-corrected chi connectivity index (χ0v) is 9.89. The number of rotatable bonds is 6. The van der Waals surface area contributed by atoms with Crippen molar-refractivity contribution < 1.29 is 23.8 Å². The lowest BCUT2D eigenvalue weighted by molar-refractivity contribution is -0.00873. The van der Waals surface area contributed by atoms with E-state index in [4.69, 9.17) is 14.2 Å². The van der Waals surface area contributed by atoms with Crippen LogP contribution in [0.5, 0.6) is 5.75 Å². The first kappa shape index (κ1) is 12.5. The molecular weight excluding hydrogens is 238 g/mol. The Morgan fingerprint density at radius 2 is 2.00 bits per heavy atom. The first-order chi connectivity index (χ1) is 8.74. The number of methoxy groups -OCH3 is 1. The van der Waals surface area contributed by atoms with Crippen molar-refractivity contribution in [3.63, 3.8) is 0 Å². The topological polar surface area (TPSA) is 73.9 Å². The summed E-state index contributed by atoms with van der Waals surface area (Å²) in [5.74, 6) is -0.503. The van der Waals surface area contributed by atoms with Gasteiger partial charge in [0.25, 0.3) is 11.8 Å². The van der Waals surface area contributed by atoms with E-state index < -0.39 is 11.8 Å². The van der Waals surface area contributed by atoms with Crippen LogP contribution in [-0.4, -0.2) is 38.9 Å².